The van der Waals surface area contributed by atoms with E-state index in [2.05, 4.69) is 42.5 Å². The average molecular weight is 474 g/mol. The van der Waals surface area contributed by atoms with Crippen LogP contribution < -0.4 is 0 Å². The molecule has 0 fully saturated rings. The minimum Gasteiger partial charge on any atom is -0.386 e. The van der Waals surface area contributed by atoms with Crippen LogP contribution in [-0.2, 0) is 12.0 Å². The van der Waals surface area contributed by atoms with Gasteiger partial charge in [0.15, 0.2) is 0 Å². The smallest absolute Gasteiger partial charge is 0.0843 e. The monoisotopic (exact) mass is 473 g/mol. The number of pyridine rings is 1. The lowest BCUT2D eigenvalue weighted by Crippen LogP contribution is -2.18. The van der Waals surface area contributed by atoms with Gasteiger partial charge in [-0.15, -0.1) is 0 Å². The standard InChI is InChI=1S/C29H28ClNOS/c1-29(2,32)26-9-4-3-7-21(26)13-17-28(33)23-8-5-6-20(18-23)10-15-25-16-12-22-11-14-24(30)19-27(22)31-25/h3-12,14-16,18-19,28,32-33H,13,17H2,1-2H3/b15-10+/t28-/m1/s1. The number of nitrogens with zero attached hydrogens (tertiary/aromatic N) is 1. The van der Waals surface area contributed by atoms with E-state index in [9.17, 15) is 5.11 Å². The summed E-state index contributed by atoms with van der Waals surface area (Å²) in [5, 5.41) is 12.3. The third-order valence-corrected chi connectivity index (χ3v) is 6.57. The van der Waals surface area contributed by atoms with Crippen molar-refractivity contribution in [1.29, 1.82) is 0 Å². The van der Waals surface area contributed by atoms with Crippen LogP contribution >= 0.6 is 24.2 Å². The van der Waals surface area contributed by atoms with Gasteiger partial charge in [0.05, 0.1) is 16.8 Å². The number of thiol groups is 1. The predicted octanol–water partition coefficient (Wildman–Crippen LogP) is 7.89. The maximum Gasteiger partial charge on any atom is 0.0843 e. The largest absolute Gasteiger partial charge is 0.386 e. The Kier molecular flexibility index (Phi) is 7.23. The van der Waals surface area contributed by atoms with Crippen molar-refractivity contribution in [1.82, 2.24) is 4.98 Å². The molecular formula is C29H28ClNOS. The maximum absolute atomic E-state index is 10.5. The molecule has 4 heteroatoms. The third-order valence-electron chi connectivity index (χ3n) is 5.78. The van der Waals surface area contributed by atoms with Crippen LogP contribution in [0.2, 0.25) is 5.02 Å². The van der Waals surface area contributed by atoms with Crippen molar-refractivity contribution in [3.63, 3.8) is 0 Å². The zero-order valence-corrected chi connectivity index (χ0v) is 20.5. The summed E-state index contributed by atoms with van der Waals surface area (Å²) in [5.74, 6) is 0. The van der Waals surface area contributed by atoms with Crippen molar-refractivity contribution < 1.29 is 5.11 Å². The SMILES string of the molecule is CC(C)(O)c1ccccc1CC[C@@H](S)c1cccc(/C=C/c2ccc3ccc(Cl)cc3n2)c1. The first kappa shape index (κ1) is 23.6. The van der Waals surface area contributed by atoms with Crippen molar-refractivity contribution in [3.05, 3.63) is 112 Å². The second-order valence-corrected chi connectivity index (χ2v) is 9.91. The predicted molar refractivity (Wildman–Crippen MR) is 144 cm³/mol. The third kappa shape index (κ3) is 6.05. The van der Waals surface area contributed by atoms with Gasteiger partial charge in [-0.3, -0.25) is 0 Å². The van der Waals surface area contributed by atoms with Crippen molar-refractivity contribution >= 4 is 47.3 Å². The summed E-state index contributed by atoms with van der Waals surface area (Å²) in [6.45, 7) is 3.66. The highest BCUT2D eigenvalue weighted by atomic mass is 35.5. The molecule has 0 spiro atoms. The Morgan fingerprint density at radius 1 is 0.970 bits per heavy atom. The van der Waals surface area contributed by atoms with E-state index >= 15 is 0 Å². The fourth-order valence-electron chi connectivity index (χ4n) is 4.04. The Balaban J connectivity index is 1.47. The van der Waals surface area contributed by atoms with Gasteiger partial charge >= 0.3 is 0 Å². The van der Waals surface area contributed by atoms with Crippen LogP contribution in [0.1, 0.15) is 53.5 Å². The fraction of sp³-hybridized carbons (Fsp3) is 0.207. The van der Waals surface area contributed by atoms with E-state index in [1.807, 2.05) is 62.4 Å². The Morgan fingerprint density at radius 2 is 1.76 bits per heavy atom. The number of hydrogen-bond acceptors (Lipinski definition) is 3. The number of benzene rings is 3. The highest BCUT2D eigenvalue weighted by molar-refractivity contribution is 7.80. The van der Waals surface area contributed by atoms with E-state index in [-0.39, 0.29) is 5.25 Å². The normalized spacial score (nSPS) is 13.0. The molecule has 1 atom stereocenters. The van der Waals surface area contributed by atoms with Gasteiger partial charge in [0, 0.05) is 15.7 Å². The van der Waals surface area contributed by atoms with Gasteiger partial charge in [-0.2, -0.15) is 12.6 Å². The molecule has 168 valence electrons. The Bertz CT molecular complexity index is 1290. The first-order chi connectivity index (χ1) is 15.8. The summed E-state index contributed by atoms with van der Waals surface area (Å²) in [6.07, 6.45) is 5.84. The summed E-state index contributed by atoms with van der Waals surface area (Å²) in [5.41, 5.74) is 5.36. The molecule has 33 heavy (non-hydrogen) atoms. The number of halogens is 1. The summed E-state index contributed by atoms with van der Waals surface area (Å²) in [6, 6.07) is 26.4. The molecule has 0 unspecified atom stereocenters. The number of hydrogen-bond donors (Lipinski definition) is 2. The molecule has 1 heterocycles. The lowest BCUT2D eigenvalue weighted by Gasteiger charge is -2.22. The molecule has 2 nitrogen and oxygen atoms in total. The first-order valence-electron chi connectivity index (χ1n) is 11.1. The molecule has 0 aliphatic rings. The van der Waals surface area contributed by atoms with Crippen molar-refractivity contribution in [2.24, 2.45) is 0 Å². The van der Waals surface area contributed by atoms with E-state index in [1.165, 1.54) is 11.1 Å². The molecule has 0 aliphatic heterocycles. The molecule has 0 radical (unpaired) electrons. The molecule has 0 saturated heterocycles. The van der Waals surface area contributed by atoms with Gasteiger partial charge in [0.25, 0.3) is 0 Å². The van der Waals surface area contributed by atoms with E-state index in [1.54, 1.807) is 0 Å². The van der Waals surface area contributed by atoms with Crippen LogP contribution in [0, 0.1) is 0 Å². The van der Waals surface area contributed by atoms with Crippen LogP contribution in [0.4, 0.5) is 0 Å². The summed E-state index contributed by atoms with van der Waals surface area (Å²) >= 11 is 11.0. The Morgan fingerprint density at radius 3 is 2.58 bits per heavy atom. The molecular weight excluding hydrogens is 446 g/mol. The zero-order chi connectivity index (χ0) is 23.4. The lowest BCUT2D eigenvalue weighted by atomic mass is 9.90. The lowest BCUT2D eigenvalue weighted by molar-refractivity contribution is 0.0776. The van der Waals surface area contributed by atoms with Crippen molar-refractivity contribution in [2.75, 3.05) is 0 Å². The summed E-state index contributed by atoms with van der Waals surface area (Å²) in [4.78, 5) is 4.69. The number of rotatable bonds is 7. The van der Waals surface area contributed by atoms with E-state index < -0.39 is 5.60 Å². The molecule has 3 aromatic carbocycles. The fourth-order valence-corrected chi connectivity index (χ4v) is 4.50. The van der Waals surface area contributed by atoms with Gasteiger partial charge in [-0.25, -0.2) is 4.98 Å². The quantitative estimate of drug-likeness (QED) is 0.267. The first-order valence-corrected chi connectivity index (χ1v) is 12.0. The van der Waals surface area contributed by atoms with Crippen molar-refractivity contribution in [2.45, 2.75) is 37.5 Å². The van der Waals surface area contributed by atoms with Gasteiger partial charge in [-0.05, 0) is 73.2 Å². The second kappa shape index (κ2) is 10.1. The van der Waals surface area contributed by atoms with Crippen LogP contribution in [-0.4, -0.2) is 10.1 Å². The van der Waals surface area contributed by atoms with Crippen LogP contribution in [0.15, 0.2) is 78.9 Å². The van der Waals surface area contributed by atoms with E-state index in [0.717, 1.165) is 40.6 Å². The summed E-state index contributed by atoms with van der Waals surface area (Å²) < 4.78 is 0. The number of aromatic nitrogens is 1. The average Bonchev–Trinajstić information content (AvgIpc) is 2.80. The molecule has 1 N–H and O–H groups in total. The summed E-state index contributed by atoms with van der Waals surface area (Å²) in [7, 11) is 0. The highest BCUT2D eigenvalue weighted by Crippen LogP contribution is 2.30. The topological polar surface area (TPSA) is 33.1 Å². The number of aryl methyl sites for hydroxylation is 1. The van der Waals surface area contributed by atoms with Crippen LogP contribution in [0.25, 0.3) is 23.1 Å². The van der Waals surface area contributed by atoms with E-state index in [4.69, 9.17) is 29.2 Å². The number of fused-ring (bicyclic) bond motifs is 1. The molecule has 4 aromatic rings. The Labute approximate surface area is 206 Å². The minimum atomic E-state index is -0.852. The van der Waals surface area contributed by atoms with Gasteiger partial charge < -0.3 is 5.11 Å². The van der Waals surface area contributed by atoms with Gasteiger partial charge in [0.2, 0.25) is 0 Å². The minimum absolute atomic E-state index is 0.106. The highest BCUT2D eigenvalue weighted by Gasteiger charge is 2.19. The van der Waals surface area contributed by atoms with Crippen molar-refractivity contribution in [3.8, 4) is 0 Å². The molecule has 0 amide bonds. The molecule has 4 rings (SSSR count). The van der Waals surface area contributed by atoms with E-state index in [0.29, 0.717) is 5.02 Å². The van der Waals surface area contributed by atoms with Crippen LogP contribution in [0.3, 0.4) is 0 Å². The second-order valence-electron chi connectivity index (χ2n) is 8.85. The number of aliphatic hydroxyl groups is 1. The van der Waals surface area contributed by atoms with Gasteiger partial charge in [-0.1, -0.05) is 78.3 Å². The Hall–Kier alpha value is -2.59. The molecule has 0 saturated carbocycles. The maximum atomic E-state index is 10.5. The van der Waals surface area contributed by atoms with Crippen LogP contribution in [0.5, 0.6) is 0 Å². The molecule has 1 aromatic heterocycles. The van der Waals surface area contributed by atoms with Gasteiger partial charge in [0.1, 0.15) is 0 Å². The molecule has 0 bridgehead atoms. The molecule has 0 aliphatic carbocycles. The zero-order valence-electron chi connectivity index (χ0n) is 18.9.